The monoisotopic (exact) mass is 404 g/mol. The van der Waals surface area contributed by atoms with Crippen LogP contribution in [0.5, 0.6) is 0 Å². The van der Waals surface area contributed by atoms with Crippen LogP contribution in [0.1, 0.15) is 26.2 Å². The predicted molar refractivity (Wildman–Crippen MR) is 100.0 cm³/mol. The normalized spacial score (nSPS) is 19.9. The van der Waals surface area contributed by atoms with Gasteiger partial charge in [0.2, 0.25) is 17.7 Å². The quantitative estimate of drug-likeness (QED) is 0.283. The van der Waals surface area contributed by atoms with Crippen molar-refractivity contribution in [3.63, 3.8) is 0 Å². The van der Waals surface area contributed by atoms with Gasteiger partial charge in [0.25, 0.3) is 0 Å². The number of amides is 3. The molecule has 0 aromatic carbocycles. The lowest BCUT2D eigenvalue weighted by molar-refractivity contribution is -0.144. The highest BCUT2D eigenvalue weighted by molar-refractivity contribution is 7.98. The van der Waals surface area contributed by atoms with Crippen molar-refractivity contribution in [2.75, 3.05) is 25.1 Å². The van der Waals surface area contributed by atoms with Crippen LogP contribution < -0.4 is 16.4 Å². The molecule has 0 aromatic heterocycles. The average molecular weight is 404 g/mol. The Kier molecular flexibility index (Phi) is 9.53. The van der Waals surface area contributed by atoms with Crippen molar-refractivity contribution in [2.45, 2.75) is 50.4 Å². The largest absolute Gasteiger partial charge is 0.480 e. The maximum atomic E-state index is 12.4. The molecule has 1 aliphatic heterocycles. The highest BCUT2D eigenvalue weighted by Gasteiger charge is 2.36. The number of hydrogen-bond donors (Lipinski definition) is 5. The minimum absolute atomic E-state index is 0.286. The first-order chi connectivity index (χ1) is 12.7. The van der Waals surface area contributed by atoms with Gasteiger partial charge < -0.3 is 31.5 Å². The molecule has 3 amide bonds. The molecular weight excluding hydrogens is 376 g/mol. The lowest BCUT2D eigenvalue weighted by atomic mass is 10.1. The van der Waals surface area contributed by atoms with Crippen LogP contribution in [0.25, 0.3) is 0 Å². The van der Waals surface area contributed by atoms with Crippen LogP contribution in [0.4, 0.5) is 0 Å². The number of nitrogens with one attached hydrogen (secondary N) is 2. The molecule has 1 heterocycles. The molecule has 0 aliphatic carbocycles. The number of thioether (sulfide) groups is 1. The van der Waals surface area contributed by atoms with E-state index in [-0.39, 0.29) is 5.91 Å². The third kappa shape index (κ3) is 7.00. The second-order valence-electron chi connectivity index (χ2n) is 6.42. The summed E-state index contributed by atoms with van der Waals surface area (Å²) in [7, 11) is 0. The van der Waals surface area contributed by atoms with Crippen LogP contribution in [0.3, 0.4) is 0 Å². The Morgan fingerprint density at radius 1 is 1.33 bits per heavy atom. The van der Waals surface area contributed by atoms with E-state index in [0.29, 0.717) is 25.8 Å². The first-order valence-corrected chi connectivity index (χ1v) is 10.1. The molecule has 4 atom stereocenters. The number of carbonyl (C=O) groups excluding carboxylic acids is 3. The van der Waals surface area contributed by atoms with E-state index in [9.17, 15) is 24.3 Å². The number of aliphatic hydroxyl groups excluding tert-OH is 1. The number of carboxylic acid groups (broad SMARTS) is 1. The van der Waals surface area contributed by atoms with Crippen molar-refractivity contribution in [2.24, 2.45) is 5.73 Å². The Bertz CT molecular complexity index is 559. The van der Waals surface area contributed by atoms with Crippen molar-refractivity contribution >= 4 is 35.5 Å². The molecular formula is C16H28N4O6S. The number of hydrogen-bond acceptors (Lipinski definition) is 7. The minimum Gasteiger partial charge on any atom is -0.480 e. The first kappa shape index (κ1) is 23.2. The van der Waals surface area contributed by atoms with Crippen LogP contribution in [0.2, 0.25) is 0 Å². The number of nitrogens with two attached hydrogens (primary N) is 1. The molecule has 27 heavy (non-hydrogen) atoms. The Hall–Kier alpha value is -1.85. The lowest BCUT2D eigenvalue weighted by Gasteiger charge is -2.26. The van der Waals surface area contributed by atoms with E-state index >= 15 is 0 Å². The fourth-order valence-electron chi connectivity index (χ4n) is 2.78. The second-order valence-corrected chi connectivity index (χ2v) is 7.41. The lowest BCUT2D eigenvalue weighted by Crippen LogP contribution is -2.54. The van der Waals surface area contributed by atoms with E-state index in [2.05, 4.69) is 10.6 Å². The van der Waals surface area contributed by atoms with Gasteiger partial charge in [-0.3, -0.25) is 14.4 Å². The van der Waals surface area contributed by atoms with E-state index in [0.717, 1.165) is 5.75 Å². The summed E-state index contributed by atoms with van der Waals surface area (Å²) in [6, 6.07) is -2.83. The molecule has 0 bridgehead atoms. The summed E-state index contributed by atoms with van der Waals surface area (Å²) in [5, 5.41) is 22.8. The molecule has 0 saturated carbocycles. The number of nitrogens with zero attached hydrogens (tertiary/aromatic N) is 1. The van der Waals surface area contributed by atoms with Crippen molar-refractivity contribution in [3.05, 3.63) is 0 Å². The molecule has 1 aliphatic rings. The second kappa shape index (κ2) is 11.1. The van der Waals surface area contributed by atoms with Gasteiger partial charge in [0, 0.05) is 6.54 Å². The SMILES string of the molecule is CSCCC(N)C(=O)N1CCCC1C(=O)NCC(=O)NC(C(=O)O)C(C)O. The predicted octanol–water partition coefficient (Wildman–Crippen LogP) is -1.88. The fourth-order valence-corrected chi connectivity index (χ4v) is 3.27. The molecule has 0 spiro atoms. The van der Waals surface area contributed by atoms with Gasteiger partial charge in [0.15, 0.2) is 6.04 Å². The van der Waals surface area contributed by atoms with E-state index in [1.54, 1.807) is 11.8 Å². The molecule has 6 N–H and O–H groups in total. The van der Waals surface area contributed by atoms with Crippen LogP contribution in [0.15, 0.2) is 0 Å². The summed E-state index contributed by atoms with van der Waals surface area (Å²) in [6.45, 7) is 1.21. The van der Waals surface area contributed by atoms with Crippen molar-refractivity contribution < 1.29 is 29.4 Å². The molecule has 1 rings (SSSR count). The third-order valence-corrected chi connectivity index (χ3v) is 4.92. The molecule has 154 valence electrons. The van der Waals surface area contributed by atoms with Gasteiger partial charge in [-0.15, -0.1) is 0 Å². The molecule has 11 heteroatoms. The molecule has 0 radical (unpaired) electrons. The van der Waals surface area contributed by atoms with Gasteiger partial charge in [0.05, 0.1) is 18.7 Å². The number of likely N-dealkylation sites (tertiary alicyclic amines) is 1. The topological polar surface area (TPSA) is 162 Å². The van der Waals surface area contributed by atoms with Crippen molar-refractivity contribution in [3.8, 4) is 0 Å². The standard InChI is InChI=1S/C16H28N4O6S/c1-9(21)13(16(25)26)19-12(22)8-18-14(23)11-4-3-6-20(11)15(24)10(17)5-7-27-2/h9-11,13,21H,3-8,17H2,1-2H3,(H,18,23)(H,19,22)(H,25,26). The summed E-state index contributed by atoms with van der Waals surface area (Å²) in [6.07, 6.45) is 2.28. The smallest absolute Gasteiger partial charge is 0.328 e. The maximum Gasteiger partial charge on any atom is 0.328 e. The van der Waals surface area contributed by atoms with Crippen LogP contribution in [0, 0.1) is 0 Å². The molecule has 1 saturated heterocycles. The van der Waals surface area contributed by atoms with Crippen LogP contribution in [-0.4, -0.2) is 88.1 Å². The molecule has 1 fully saturated rings. The van der Waals surface area contributed by atoms with E-state index in [1.807, 2.05) is 6.26 Å². The van der Waals surface area contributed by atoms with E-state index in [4.69, 9.17) is 10.8 Å². The summed E-state index contributed by atoms with van der Waals surface area (Å²) in [4.78, 5) is 49.0. The number of rotatable bonds is 10. The molecule has 0 aromatic rings. The van der Waals surface area contributed by atoms with E-state index < -0.39 is 48.6 Å². The van der Waals surface area contributed by atoms with Gasteiger partial charge in [-0.2, -0.15) is 11.8 Å². The average Bonchev–Trinajstić information content (AvgIpc) is 3.10. The summed E-state index contributed by atoms with van der Waals surface area (Å²) >= 11 is 1.58. The van der Waals surface area contributed by atoms with Crippen molar-refractivity contribution in [1.82, 2.24) is 15.5 Å². The summed E-state index contributed by atoms with van der Waals surface area (Å²) < 4.78 is 0. The number of aliphatic carboxylic acids is 1. The first-order valence-electron chi connectivity index (χ1n) is 8.72. The minimum atomic E-state index is -1.46. The maximum absolute atomic E-state index is 12.4. The highest BCUT2D eigenvalue weighted by Crippen LogP contribution is 2.19. The molecule has 10 nitrogen and oxygen atoms in total. The Morgan fingerprint density at radius 3 is 2.56 bits per heavy atom. The number of carbonyl (C=O) groups is 4. The van der Waals surface area contributed by atoms with Gasteiger partial charge in [-0.05, 0) is 38.2 Å². The van der Waals surface area contributed by atoms with Gasteiger partial charge in [-0.25, -0.2) is 4.79 Å². The fraction of sp³-hybridized carbons (Fsp3) is 0.750. The molecule has 4 unspecified atom stereocenters. The number of aliphatic hydroxyl groups is 1. The zero-order valence-corrected chi connectivity index (χ0v) is 16.3. The van der Waals surface area contributed by atoms with Gasteiger partial charge in [0.1, 0.15) is 6.04 Å². The van der Waals surface area contributed by atoms with Gasteiger partial charge >= 0.3 is 5.97 Å². The summed E-state index contributed by atoms with van der Waals surface area (Å²) in [5.74, 6) is -2.16. The highest BCUT2D eigenvalue weighted by atomic mass is 32.2. The van der Waals surface area contributed by atoms with E-state index in [1.165, 1.54) is 11.8 Å². The Labute approximate surface area is 162 Å². The van der Waals surface area contributed by atoms with Crippen LogP contribution >= 0.6 is 11.8 Å². The summed E-state index contributed by atoms with van der Waals surface area (Å²) in [5.41, 5.74) is 5.90. The zero-order valence-electron chi connectivity index (χ0n) is 15.5. The van der Waals surface area contributed by atoms with Crippen LogP contribution in [-0.2, 0) is 19.2 Å². The zero-order chi connectivity index (χ0) is 20.6. The van der Waals surface area contributed by atoms with Gasteiger partial charge in [-0.1, -0.05) is 0 Å². The Balaban J connectivity index is 2.56. The number of carboxylic acids is 1. The van der Waals surface area contributed by atoms with Crippen molar-refractivity contribution in [1.29, 1.82) is 0 Å². The Morgan fingerprint density at radius 2 is 2.00 bits per heavy atom. The third-order valence-electron chi connectivity index (χ3n) is 4.28.